The Bertz CT molecular complexity index is 474. The van der Waals surface area contributed by atoms with Crippen molar-refractivity contribution >= 4 is 16.0 Å². The lowest BCUT2D eigenvalue weighted by atomic mass is 10.2. The van der Waals surface area contributed by atoms with Gasteiger partial charge in [0, 0.05) is 6.20 Å². The first-order valence-corrected chi connectivity index (χ1v) is 5.43. The summed E-state index contributed by atoms with van der Waals surface area (Å²) in [5.41, 5.74) is 5.59. The molecule has 1 heterocycles. The van der Waals surface area contributed by atoms with Crippen molar-refractivity contribution in [3.05, 3.63) is 35.8 Å². The van der Waals surface area contributed by atoms with Crippen molar-refractivity contribution in [2.45, 2.75) is 6.92 Å². The highest BCUT2D eigenvalue weighted by molar-refractivity contribution is 7.88. The Balaban J connectivity index is 3.24. The molecule has 1 aliphatic heterocycles. The molecule has 0 radical (unpaired) electrons. The average Bonchev–Trinajstić information content (AvgIpc) is 2.10. The first kappa shape index (κ1) is 11.4. The molecule has 0 bridgehead atoms. The van der Waals surface area contributed by atoms with Crippen molar-refractivity contribution in [2.75, 3.05) is 0 Å². The van der Waals surface area contributed by atoms with Crippen LogP contribution in [0.15, 0.2) is 40.2 Å². The van der Waals surface area contributed by atoms with E-state index in [1.807, 2.05) is 4.72 Å². The molecule has 0 saturated heterocycles. The number of amidine groups is 1. The van der Waals surface area contributed by atoms with Gasteiger partial charge < -0.3 is 5.73 Å². The van der Waals surface area contributed by atoms with Gasteiger partial charge >= 0.3 is 10.2 Å². The molecule has 1 aliphatic rings. The highest BCUT2D eigenvalue weighted by Crippen LogP contribution is 2.06. The number of halogens is 1. The second kappa shape index (κ2) is 4.26. The van der Waals surface area contributed by atoms with Crippen molar-refractivity contribution < 1.29 is 12.8 Å². The smallest absolute Gasteiger partial charge is 0.343 e. The van der Waals surface area contributed by atoms with Crippen molar-refractivity contribution in [1.29, 1.82) is 0 Å². The van der Waals surface area contributed by atoms with E-state index < -0.39 is 16.0 Å². The third-order valence-corrected chi connectivity index (χ3v) is 2.42. The maximum atomic E-state index is 13.0. The number of rotatable bonds is 0. The third-order valence-electron chi connectivity index (χ3n) is 1.55. The van der Waals surface area contributed by atoms with Crippen LogP contribution in [0.5, 0.6) is 0 Å². The maximum Gasteiger partial charge on any atom is 0.343 e. The molecule has 1 rings (SSSR count). The van der Waals surface area contributed by atoms with Crippen LogP contribution in [0.1, 0.15) is 6.92 Å². The fourth-order valence-corrected chi connectivity index (χ4v) is 1.53. The molecule has 15 heavy (non-hydrogen) atoms. The van der Waals surface area contributed by atoms with Gasteiger partial charge in [-0.05, 0) is 30.7 Å². The highest BCUT2D eigenvalue weighted by atomic mass is 32.2. The Morgan fingerprint density at radius 2 is 2.20 bits per heavy atom. The fraction of sp³-hybridized carbons (Fsp3) is 0.125. The summed E-state index contributed by atoms with van der Waals surface area (Å²) in [5, 5.41) is 0. The second-order valence-corrected chi connectivity index (χ2v) is 4.18. The van der Waals surface area contributed by atoms with Crippen LogP contribution < -0.4 is 10.5 Å². The molecule has 0 atom stereocenters. The summed E-state index contributed by atoms with van der Waals surface area (Å²) in [6.07, 6.45) is 4.47. The summed E-state index contributed by atoms with van der Waals surface area (Å²) < 4.78 is 40.5. The van der Waals surface area contributed by atoms with Crippen LogP contribution in [-0.2, 0) is 10.2 Å². The van der Waals surface area contributed by atoms with Gasteiger partial charge in [0.1, 0.15) is 11.7 Å². The number of allylic oxidation sites excluding steroid dienone is 4. The first-order valence-electron chi connectivity index (χ1n) is 3.99. The maximum absolute atomic E-state index is 13.0. The molecule has 0 aliphatic carbocycles. The minimum Gasteiger partial charge on any atom is -0.383 e. The van der Waals surface area contributed by atoms with Gasteiger partial charge in [-0.3, -0.25) is 4.72 Å². The van der Waals surface area contributed by atoms with E-state index in [2.05, 4.69) is 4.40 Å². The molecule has 0 fully saturated rings. The van der Waals surface area contributed by atoms with Crippen molar-refractivity contribution in [3.63, 3.8) is 0 Å². The van der Waals surface area contributed by atoms with E-state index in [0.717, 1.165) is 18.4 Å². The van der Waals surface area contributed by atoms with E-state index >= 15 is 0 Å². The standard InChI is InChI=1S/C8H10FN3O2S/c1-6-5-7(9)3-2-4-11-15(13,14)12-8(6)10/h2-5,11H,1H3,(H2,10,12)/b4-2+,6-5+,7-3+. The first-order chi connectivity index (χ1) is 6.91. The minimum atomic E-state index is -3.85. The van der Waals surface area contributed by atoms with Crippen LogP contribution >= 0.6 is 0 Å². The zero-order chi connectivity index (χ0) is 11.5. The van der Waals surface area contributed by atoms with E-state index in [0.29, 0.717) is 0 Å². The van der Waals surface area contributed by atoms with Gasteiger partial charge in [-0.15, -0.1) is 4.40 Å². The molecule has 5 nitrogen and oxygen atoms in total. The van der Waals surface area contributed by atoms with E-state index in [-0.39, 0.29) is 11.4 Å². The molecular formula is C8H10FN3O2S. The monoisotopic (exact) mass is 231 g/mol. The molecule has 0 spiro atoms. The normalized spacial score (nSPS) is 33.3. The van der Waals surface area contributed by atoms with Crippen LogP contribution in [0, 0.1) is 0 Å². The Morgan fingerprint density at radius 1 is 1.53 bits per heavy atom. The number of nitrogens with two attached hydrogens (primary N) is 1. The SMILES string of the molecule is CC1=C\C(F)=C/C=C/NS(=O)(=O)/N=C\1N. The number of hydrogen-bond acceptors (Lipinski definition) is 3. The Hall–Kier alpha value is -1.63. The van der Waals surface area contributed by atoms with Crippen LogP contribution in [-0.4, -0.2) is 14.3 Å². The fourth-order valence-electron chi connectivity index (χ4n) is 0.822. The Labute approximate surface area is 87.1 Å². The zero-order valence-corrected chi connectivity index (χ0v) is 8.75. The van der Waals surface area contributed by atoms with Gasteiger partial charge in [-0.25, -0.2) is 4.39 Å². The lowest BCUT2D eigenvalue weighted by Gasteiger charge is -2.02. The highest BCUT2D eigenvalue weighted by Gasteiger charge is 2.08. The molecule has 0 saturated carbocycles. The molecular weight excluding hydrogens is 221 g/mol. The summed E-state index contributed by atoms with van der Waals surface area (Å²) in [6.45, 7) is 1.47. The molecule has 7 heteroatoms. The summed E-state index contributed by atoms with van der Waals surface area (Å²) in [4.78, 5) is 0. The summed E-state index contributed by atoms with van der Waals surface area (Å²) in [5.74, 6) is -0.788. The van der Waals surface area contributed by atoms with Crippen LogP contribution in [0.4, 0.5) is 4.39 Å². The van der Waals surface area contributed by atoms with E-state index in [9.17, 15) is 12.8 Å². The summed E-state index contributed by atoms with van der Waals surface area (Å²) in [6, 6.07) is 0. The van der Waals surface area contributed by atoms with Gasteiger partial charge in [0.2, 0.25) is 0 Å². The Morgan fingerprint density at radius 3 is 2.87 bits per heavy atom. The van der Waals surface area contributed by atoms with Crippen LogP contribution in [0.2, 0.25) is 0 Å². The molecule has 0 unspecified atom stereocenters. The van der Waals surface area contributed by atoms with Gasteiger partial charge in [0.25, 0.3) is 0 Å². The predicted molar refractivity (Wildman–Crippen MR) is 55.8 cm³/mol. The van der Waals surface area contributed by atoms with Crippen molar-refractivity contribution in [2.24, 2.45) is 10.1 Å². The lowest BCUT2D eigenvalue weighted by molar-refractivity contribution is 0.592. The molecule has 82 valence electrons. The van der Waals surface area contributed by atoms with Gasteiger partial charge in [0.05, 0.1) is 0 Å². The van der Waals surface area contributed by atoms with E-state index in [4.69, 9.17) is 5.73 Å². The summed E-state index contributed by atoms with van der Waals surface area (Å²) in [7, 11) is -3.85. The molecule has 0 aromatic carbocycles. The molecule has 3 N–H and O–H groups in total. The van der Waals surface area contributed by atoms with Crippen LogP contribution in [0.25, 0.3) is 0 Å². The number of hydrogen-bond donors (Lipinski definition) is 2. The zero-order valence-electron chi connectivity index (χ0n) is 7.94. The van der Waals surface area contributed by atoms with Crippen LogP contribution in [0.3, 0.4) is 0 Å². The third kappa shape index (κ3) is 3.55. The lowest BCUT2D eigenvalue weighted by Crippen LogP contribution is -2.22. The largest absolute Gasteiger partial charge is 0.383 e. The van der Waals surface area contributed by atoms with E-state index in [1.54, 1.807) is 0 Å². The van der Waals surface area contributed by atoms with Gasteiger partial charge in [-0.2, -0.15) is 8.42 Å². The Kier molecular flexibility index (Phi) is 3.25. The quantitative estimate of drug-likeness (QED) is 0.636. The number of nitrogens with one attached hydrogen (secondary N) is 1. The molecule has 0 amide bonds. The second-order valence-electron chi connectivity index (χ2n) is 2.81. The summed E-state index contributed by atoms with van der Waals surface area (Å²) >= 11 is 0. The van der Waals surface area contributed by atoms with Crippen molar-refractivity contribution in [3.8, 4) is 0 Å². The predicted octanol–water partition coefficient (Wildman–Crippen LogP) is 0.505. The average molecular weight is 231 g/mol. The molecule has 0 aromatic rings. The van der Waals surface area contributed by atoms with Crippen molar-refractivity contribution in [1.82, 2.24) is 4.72 Å². The van der Waals surface area contributed by atoms with E-state index in [1.165, 1.54) is 13.0 Å². The minimum absolute atomic E-state index is 0.240. The van der Waals surface area contributed by atoms with Gasteiger partial charge in [-0.1, -0.05) is 0 Å². The topological polar surface area (TPSA) is 84.5 Å². The number of nitrogens with zero attached hydrogens (tertiary/aromatic N) is 1. The van der Waals surface area contributed by atoms with Gasteiger partial charge in [0.15, 0.2) is 0 Å². The molecule has 0 aromatic heterocycles.